The lowest BCUT2D eigenvalue weighted by Gasteiger charge is -2.23. The Morgan fingerprint density at radius 3 is 3.00 bits per heavy atom. The fraction of sp³-hybridized carbons (Fsp3) is 0.375. The van der Waals surface area contributed by atoms with E-state index in [0.29, 0.717) is 12.3 Å². The molecule has 2 aromatic heterocycles. The predicted molar refractivity (Wildman–Crippen MR) is 86.4 cm³/mol. The van der Waals surface area contributed by atoms with Gasteiger partial charge in [-0.25, -0.2) is 9.78 Å². The minimum absolute atomic E-state index is 0.108. The van der Waals surface area contributed by atoms with Gasteiger partial charge in [0.15, 0.2) is 0 Å². The van der Waals surface area contributed by atoms with Crippen molar-refractivity contribution in [3.05, 3.63) is 40.2 Å². The summed E-state index contributed by atoms with van der Waals surface area (Å²) in [6.07, 6.45) is 9.52. The first-order valence-electron chi connectivity index (χ1n) is 7.07. The van der Waals surface area contributed by atoms with Crippen LogP contribution in [0.4, 0.5) is 4.79 Å². The molecule has 6 heteroatoms. The zero-order valence-electron chi connectivity index (χ0n) is 12.7. The molecule has 5 nitrogen and oxygen atoms in total. The summed E-state index contributed by atoms with van der Waals surface area (Å²) in [6.45, 7) is 4.58. The van der Waals surface area contributed by atoms with Crippen molar-refractivity contribution >= 4 is 17.4 Å². The number of aromatic nitrogens is 1. The molecule has 2 heterocycles. The van der Waals surface area contributed by atoms with Crippen molar-refractivity contribution in [1.82, 2.24) is 15.2 Å². The minimum atomic E-state index is -0.214. The molecule has 2 amide bonds. The van der Waals surface area contributed by atoms with Crippen molar-refractivity contribution in [1.29, 1.82) is 0 Å². The van der Waals surface area contributed by atoms with Gasteiger partial charge in [0.1, 0.15) is 10.8 Å². The van der Waals surface area contributed by atoms with E-state index < -0.39 is 0 Å². The van der Waals surface area contributed by atoms with E-state index in [1.54, 1.807) is 28.6 Å². The molecule has 0 aromatic carbocycles. The number of terminal acetylenes is 1. The van der Waals surface area contributed by atoms with E-state index in [9.17, 15) is 4.79 Å². The molecule has 0 spiro atoms. The van der Waals surface area contributed by atoms with Crippen LogP contribution in [-0.2, 0) is 6.54 Å². The number of thiazole rings is 1. The molecule has 0 radical (unpaired) electrons. The number of hydrogen-bond donors (Lipinski definition) is 1. The Labute approximate surface area is 134 Å². The molecule has 1 unspecified atom stereocenters. The van der Waals surface area contributed by atoms with E-state index in [2.05, 4.69) is 16.2 Å². The summed E-state index contributed by atoms with van der Waals surface area (Å²) in [6, 6.07) is 3.28. The van der Waals surface area contributed by atoms with Gasteiger partial charge in [-0.3, -0.25) is 0 Å². The fourth-order valence-corrected chi connectivity index (χ4v) is 2.92. The SMILES string of the molecule is C#CCN(Cc1ccco1)C(=O)NC(CC)c1ncc(C)s1. The smallest absolute Gasteiger partial charge is 0.319 e. The number of amides is 2. The zero-order chi connectivity index (χ0) is 15.9. The first-order valence-corrected chi connectivity index (χ1v) is 7.89. The van der Waals surface area contributed by atoms with Crippen LogP contribution in [0.5, 0.6) is 0 Å². The van der Waals surface area contributed by atoms with Gasteiger partial charge in [-0.2, -0.15) is 0 Å². The number of carbonyl (C=O) groups is 1. The summed E-state index contributed by atoms with van der Waals surface area (Å²) in [5.74, 6) is 3.20. The molecule has 0 aliphatic rings. The number of nitrogens with zero attached hydrogens (tertiary/aromatic N) is 2. The van der Waals surface area contributed by atoms with E-state index in [-0.39, 0.29) is 18.6 Å². The topological polar surface area (TPSA) is 58.4 Å². The quantitative estimate of drug-likeness (QED) is 0.831. The highest BCUT2D eigenvalue weighted by molar-refractivity contribution is 7.11. The number of carbonyl (C=O) groups excluding carboxylic acids is 1. The number of hydrogen-bond acceptors (Lipinski definition) is 4. The maximum absolute atomic E-state index is 12.5. The van der Waals surface area contributed by atoms with Crippen LogP contribution in [0.25, 0.3) is 0 Å². The Morgan fingerprint density at radius 2 is 2.45 bits per heavy atom. The van der Waals surface area contributed by atoms with Gasteiger partial charge in [0.25, 0.3) is 0 Å². The second-order valence-corrected chi connectivity index (χ2v) is 6.13. The Bertz CT molecular complexity index is 643. The van der Waals surface area contributed by atoms with E-state index in [1.807, 2.05) is 26.1 Å². The molecule has 2 aromatic rings. The third kappa shape index (κ3) is 4.12. The molecule has 0 bridgehead atoms. The van der Waals surface area contributed by atoms with Crippen molar-refractivity contribution < 1.29 is 9.21 Å². The number of urea groups is 1. The van der Waals surface area contributed by atoms with Crippen molar-refractivity contribution in [3.63, 3.8) is 0 Å². The highest BCUT2D eigenvalue weighted by atomic mass is 32.1. The molecule has 0 aliphatic heterocycles. The zero-order valence-corrected chi connectivity index (χ0v) is 13.5. The summed E-state index contributed by atoms with van der Waals surface area (Å²) in [5, 5.41) is 3.90. The summed E-state index contributed by atoms with van der Waals surface area (Å²) < 4.78 is 5.28. The monoisotopic (exact) mass is 317 g/mol. The Kier molecular flexibility index (Phi) is 5.61. The molecular formula is C16H19N3O2S. The second-order valence-electron chi connectivity index (χ2n) is 4.86. The summed E-state index contributed by atoms with van der Waals surface area (Å²) in [4.78, 5) is 19.5. The summed E-state index contributed by atoms with van der Waals surface area (Å²) >= 11 is 1.59. The van der Waals surface area contributed by atoms with Gasteiger partial charge >= 0.3 is 6.03 Å². The molecule has 22 heavy (non-hydrogen) atoms. The normalized spacial score (nSPS) is 11.7. The highest BCUT2D eigenvalue weighted by Crippen LogP contribution is 2.22. The van der Waals surface area contributed by atoms with Crippen molar-refractivity contribution in [2.45, 2.75) is 32.9 Å². The Balaban J connectivity index is 2.04. The predicted octanol–water partition coefficient (Wildman–Crippen LogP) is 3.34. The van der Waals surface area contributed by atoms with E-state index >= 15 is 0 Å². The maximum atomic E-state index is 12.5. The van der Waals surface area contributed by atoms with Crippen LogP contribution in [0.1, 0.15) is 35.0 Å². The first-order chi connectivity index (χ1) is 10.6. The summed E-state index contributed by atoms with van der Waals surface area (Å²) in [7, 11) is 0. The van der Waals surface area contributed by atoms with Gasteiger partial charge in [-0.1, -0.05) is 12.8 Å². The minimum Gasteiger partial charge on any atom is -0.467 e. The van der Waals surface area contributed by atoms with Crippen molar-refractivity contribution in [3.8, 4) is 12.3 Å². The van der Waals surface area contributed by atoms with Crippen molar-refractivity contribution in [2.24, 2.45) is 0 Å². The lowest BCUT2D eigenvalue weighted by molar-refractivity contribution is 0.193. The Hall–Kier alpha value is -2.26. The largest absolute Gasteiger partial charge is 0.467 e. The van der Waals surface area contributed by atoms with Gasteiger partial charge in [-0.15, -0.1) is 17.8 Å². The van der Waals surface area contributed by atoms with Gasteiger partial charge in [0.05, 0.1) is 25.4 Å². The summed E-state index contributed by atoms with van der Waals surface area (Å²) in [5.41, 5.74) is 0. The van der Waals surface area contributed by atoms with E-state index in [4.69, 9.17) is 10.8 Å². The van der Waals surface area contributed by atoms with E-state index in [1.165, 1.54) is 0 Å². The third-order valence-electron chi connectivity index (χ3n) is 3.14. The molecule has 2 rings (SSSR count). The van der Waals surface area contributed by atoms with E-state index in [0.717, 1.165) is 16.3 Å². The average molecular weight is 317 g/mol. The molecule has 116 valence electrons. The number of nitrogens with one attached hydrogen (secondary N) is 1. The van der Waals surface area contributed by atoms with Crippen LogP contribution in [0.15, 0.2) is 29.0 Å². The van der Waals surface area contributed by atoms with Crippen LogP contribution >= 0.6 is 11.3 Å². The van der Waals surface area contributed by atoms with Crippen molar-refractivity contribution in [2.75, 3.05) is 6.54 Å². The molecule has 0 saturated heterocycles. The lowest BCUT2D eigenvalue weighted by Crippen LogP contribution is -2.41. The molecular weight excluding hydrogens is 298 g/mol. The Morgan fingerprint density at radius 1 is 1.64 bits per heavy atom. The number of aryl methyl sites for hydroxylation is 1. The second kappa shape index (κ2) is 7.66. The van der Waals surface area contributed by atoms with Gasteiger partial charge < -0.3 is 14.6 Å². The standard InChI is InChI=1S/C16H19N3O2S/c1-4-8-19(11-13-7-6-9-21-13)16(20)18-14(5-2)15-17-10-12(3)22-15/h1,6-7,9-10,14H,5,8,11H2,2-3H3,(H,18,20). The molecule has 0 aliphatic carbocycles. The lowest BCUT2D eigenvalue weighted by atomic mass is 10.2. The van der Waals surface area contributed by atoms with Gasteiger partial charge in [-0.05, 0) is 25.5 Å². The first kappa shape index (κ1) is 16.1. The highest BCUT2D eigenvalue weighted by Gasteiger charge is 2.20. The number of rotatable bonds is 6. The molecule has 1 N–H and O–H groups in total. The van der Waals surface area contributed by atoms with Gasteiger partial charge in [0, 0.05) is 11.1 Å². The molecule has 0 saturated carbocycles. The molecule has 0 fully saturated rings. The number of furan rings is 1. The van der Waals surface area contributed by atoms with Crippen LogP contribution in [-0.4, -0.2) is 22.5 Å². The average Bonchev–Trinajstić information content (AvgIpc) is 3.15. The molecule has 1 atom stereocenters. The van der Waals surface area contributed by atoms with Crippen LogP contribution in [0, 0.1) is 19.3 Å². The van der Waals surface area contributed by atoms with Gasteiger partial charge in [0.2, 0.25) is 0 Å². The van der Waals surface area contributed by atoms with Crippen LogP contribution in [0.3, 0.4) is 0 Å². The fourth-order valence-electron chi connectivity index (χ4n) is 2.01. The third-order valence-corrected chi connectivity index (χ3v) is 4.17. The van der Waals surface area contributed by atoms with Crippen LogP contribution in [0.2, 0.25) is 0 Å². The van der Waals surface area contributed by atoms with Crippen LogP contribution < -0.4 is 5.32 Å². The maximum Gasteiger partial charge on any atom is 0.319 e.